The van der Waals surface area contributed by atoms with E-state index in [2.05, 4.69) is 5.32 Å². The Balaban J connectivity index is 1.99. The molecule has 20 heavy (non-hydrogen) atoms. The van der Waals surface area contributed by atoms with Crippen molar-refractivity contribution in [2.24, 2.45) is 0 Å². The molecule has 2 rings (SSSR count). The summed E-state index contributed by atoms with van der Waals surface area (Å²) < 4.78 is 5.24. The molecule has 102 valence electrons. The predicted octanol–water partition coefficient (Wildman–Crippen LogP) is 4.51. The van der Waals surface area contributed by atoms with Crippen LogP contribution >= 0.6 is 23.2 Å². The molecule has 0 radical (unpaired) electrons. The number of rotatable bonds is 5. The van der Waals surface area contributed by atoms with E-state index in [4.69, 9.17) is 33.2 Å². The molecule has 0 saturated carbocycles. The molecule has 0 aliphatic carbocycles. The molecule has 0 unspecified atom stereocenters. The fraction of sp³-hybridized carbons (Fsp3) is 0.133. The second-order valence-corrected chi connectivity index (χ2v) is 4.89. The van der Waals surface area contributed by atoms with Gasteiger partial charge in [-0.1, -0.05) is 35.3 Å². The summed E-state index contributed by atoms with van der Waals surface area (Å²) in [7, 11) is 0. The second kappa shape index (κ2) is 7.04. The van der Waals surface area contributed by atoms with E-state index < -0.39 is 0 Å². The van der Waals surface area contributed by atoms with Crippen LogP contribution in [0.5, 0.6) is 5.75 Å². The number of nitriles is 1. The van der Waals surface area contributed by atoms with Crippen molar-refractivity contribution < 1.29 is 4.74 Å². The minimum Gasteiger partial charge on any atom is -0.479 e. The minimum absolute atomic E-state index is 0.0379. The molecule has 0 aliphatic heterocycles. The fourth-order valence-electron chi connectivity index (χ4n) is 1.67. The van der Waals surface area contributed by atoms with Gasteiger partial charge in [0.05, 0.1) is 10.0 Å². The smallest absolute Gasteiger partial charge is 0.174 e. The first-order valence-electron chi connectivity index (χ1n) is 5.96. The van der Waals surface area contributed by atoms with Gasteiger partial charge in [0, 0.05) is 18.3 Å². The fourth-order valence-corrected chi connectivity index (χ4v) is 1.99. The van der Waals surface area contributed by atoms with Crippen molar-refractivity contribution in [2.75, 3.05) is 11.9 Å². The van der Waals surface area contributed by atoms with Crippen LogP contribution in [-0.2, 0) is 6.54 Å². The maximum atomic E-state index is 8.48. The highest BCUT2D eigenvalue weighted by molar-refractivity contribution is 6.42. The topological polar surface area (TPSA) is 45.0 Å². The molecule has 0 atom stereocenters. The molecule has 1 N–H and O–H groups in total. The van der Waals surface area contributed by atoms with Gasteiger partial charge in [0.15, 0.2) is 6.61 Å². The average molecular weight is 307 g/mol. The van der Waals surface area contributed by atoms with Crippen molar-refractivity contribution in [3.05, 3.63) is 58.1 Å². The predicted molar refractivity (Wildman–Crippen MR) is 81.3 cm³/mol. The molecule has 0 bridgehead atoms. The van der Waals surface area contributed by atoms with E-state index in [-0.39, 0.29) is 6.61 Å². The molecular formula is C15H12Cl2N2O. The Morgan fingerprint density at radius 3 is 2.70 bits per heavy atom. The Kier molecular flexibility index (Phi) is 5.11. The quantitative estimate of drug-likeness (QED) is 0.884. The first-order chi connectivity index (χ1) is 9.69. The standard InChI is InChI=1S/C15H12Cl2N2O/c16-14-5-4-11(8-15(14)17)10-19-12-2-1-3-13(9-12)20-7-6-18/h1-5,8-9,19H,7,10H2. The molecule has 2 aromatic rings. The lowest BCUT2D eigenvalue weighted by Gasteiger charge is -2.09. The Bertz CT molecular complexity index is 638. The normalized spacial score (nSPS) is 9.85. The molecular weight excluding hydrogens is 295 g/mol. The zero-order chi connectivity index (χ0) is 14.4. The van der Waals surface area contributed by atoms with Gasteiger partial charge >= 0.3 is 0 Å². The maximum Gasteiger partial charge on any atom is 0.174 e. The number of benzene rings is 2. The van der Waals surface area contributed by atoms with Crippen LogP contribution in [0.4, 0.5) is 5.69 Å². The molecule has 0 aliphatic rings. The summed E-state index contributed by atoms with van der Waals surface area (Å²) in [6, 6.07) is 14.9. The van der Waals surface area contributed by atoms with Crippen molar-refractivity contribution in [2.45, 2.75) is 6.54 Å². The Morgan fingerprint density at radius 1 is 1.10 bits per heavy atom. The molecule has 0 saturated heterocycles. The third-order valence-corrected chi connectivity index (χ3v) is 3.36. The van der Waals surface area contributed by atoms with E-state index in [1.807, 2.05) is 42.5 Å². The average Bonchev–Trinajstić information content (AvgIpc) is 2.47. The van der Waals surface area contributed by atoms with Crippen LogP contribution in [-0.4, -0.2) is 6.61 Å². The van der Waals surface area contributed by atoms with Crippen molar-refractivity contribution in [3.8, 4) is 11.8 Å². The van der Waals surface area contributed by atoms with Crippen molar-refractivity contribution in [3.63, 3.8) is 0 Å². The SMILES string of the molecule is N#CCOc1cccc(NCc2ccc(Cl)c(Cl)c2)c1. The number of ether oxygens (including phenoxy) is 1. The van der Waals surface area contributed by atoms with Crippen LogP contribution in [0.2, 0.25) is 10.0 Å². The first-order valence-corrected chi connectivity index (χ1v) is 6.72. The molecule has 0 aromatic heterocycles. The van der Waals surface area contributed by atoms with Gasteiger partial charge in [0.2, 0.25) is 0 Å². The molecule has 5 heteroatoms. The molecule has 0 heterocycles. The summed E-state index contributed by atoms with van der Waals surface area (Å²) in [6.45, 7) is 0.662. The molecule has 3 nitrogen and oxygen atoms in total. The third kappa shape index (κ3) is 4.06. The third-order valence-electron chi connectivity index (χ3n) is 2.62. The van der Waals surface area contributed by atoms with Gasteiger partial charge in [0.25, 0.3) is 0 Å². The molecule has 0 amide bonds. The Hall–Kier alpha value is -1.89. The van der Waals surface area contributed by atoms with Crippen LogP contribution in [0, 0.1) is 11.3 Å². The molecule has 0 fully saturated rings. The van der Waals surface area contributed by atoms with Crippen LogP contribution in [0.25, 0.3) is 0 Å². The number of nitrogens with one attached hydrogen (secondary N) is 1. The van der Waals surface area contributed by atoms with Crippen LogP contribution in [0.15, 0.2) is 42.5 Å². The maximum absolute atomic E-state index is 8.48. The van der Waals surface area contributed by atoms with Gasteiger partial charge in [0.1, 0.15) is 11.8 Å². The number of nitrogens with zero attached hydrogens (tertiary/aromatic N) is 1. The highest BCUT2D eigenvalue weighted by Gasteiger charge is 2.01. The highest BCUT2D eigenvalue weighted by Crippen LogP contribution is 2.23. The number of halogens is 2. The van der Waals surface area contributed by atoms with Gasteiger partial charge in [-0.3, -0.25) is 0 Å². The number of anilines is 1. The second-order valence-electron chi connectivity index (χ2n) is 4.08. The number of hydrogen-bond donors (Lipinski definition) is 1. The number of hydrogen-bond acceptors (Lipinski definition) is 3. The Morgan fingerprint density at radius 2 is 1.95 bits per heavy atom. The summed E-state index contributed by atoms with van der Waals surface area (Å²) in [6.07, 6.45) is 0. The monoisotopic (exact) mass is 306 g/mol. The zero-order valence-corrected chi connectivity index (χ0v) is 12.1. The van der Waals surface area contributed by atoms with E-state index in [1.54, 1.807) is 6.07 Å². The summed E-state index contributed by atoms with van der Waals surface area (Å²) >= 11 is 11.8. The molecule has 2 aromatic carbocycles. The lowest BCUT2D eigenvalue weighted by molar-refractivity contribution is 0.368. The summed E-state index contributed by atoms with van der Waals surface area (Å²) in [5, 5.41) is 12.8. The summed E-state index contributed by atoms with van der Waals surface area (Å²) in [4.78, 5) is 0. The molecule has 0 spiro atoms. The lowest BCUT2D eigenvalue weighted by Crippen LogP contribution is -2.00. The van der Waals surface area contributed by atoms with E-state index in [0.29, 0.717) is 22.3 Å². The van der Waals surface area contributed by atoms with E-state index in [9.17, 15) is 0 Å². The zero-order valence-electron chi connectivity index (χ0n) is 10.6. The summed E-state index contributed by atoms with van der Waals surface area (Å²) in [5.74, 6) is 0.658. The van der Waals surface area contributed by atoms with E-state index in [0.717, 1.165) is 11.3 Å². The highest BCUT2D eigenvalue weighted by atomic mass is 35.5. The van der Waals surface area contributed by atoms with Crippen molar-refractivity contribution in [1.82, 2.24) is 0 Å². The van der Waals surface area contributed by atoms with E-state index >= 15 is 0 Å². The van der Waals surface area contributed by atoms with Crippen LogP contribution in [0.1, 0.15) is 5.56 Å². The van der Waals surface area contributed by atoms with Gasteiger partial charge in [-0.15, -0.1) is 0 Å². The van der Waals surface area contributed by atoms with E-state index in [1.165, 1.54) is 0 Å². The van der Waals surface area contributed by atoms with Gasteiger partial charge in [-0.2, -0.15) is 5.26 Å². The first kappa shape index (κ1) is 14.5. The van der Waals surface area contributed by atoms with Crippen molar-refractivity contribution in [1.29, 1.82) is 5.26 Å². The van der Waals surface area contributed by atoms with Gasteiger partial charge in [-0.25, -0.2) is 0 Å². The lowest BCUT2D eigenvalue weighted by atomic mass is 10.2. The van der Waals surface area contributed by atoms with Gasteiger partial charge in [-0.05, 0) is 29.8 Å². The van der Waals surface area contributed by atoms with Crippen molar-refractivity contribution >= 4 is 28.9 Å². The largest absolute Gasteiger partial charge is 0.479 e. The minimum atomic E-state index is 0.0379. The van der Waals surface area contributed by atoms with Crippen LogP contribution in [0.3, 0.4) is 0 Å². The van der Waals surface area contributed by atoms with Gasteiger partial charge < -0.3 is 10.1 Å². The Labute approximate surface area is 127 Å². The summed E-state index contributed by atoms with van der Waals surface area (Å²) in [5.41, 5.74) is 1.94. The van der Waals surface area contributed by atoms with Crippen LogP contribution < -0.4 is 10.1 Å².